The van der Waals surface area contributed by atoms with Crippen LogP contribution in [0.1, 0.15) is 22.6 Å². The van der Waals surface area contributed by atoms with Gasteiger partial charge in [-0.1, -0.05) is 17.7 Å². The number of hydrogen-bond donors (Lipinski definition) is 0. The summed E-state index contributed by atoms with van der Waals surface area (Å²) < 4.78 is 31.0. The summed E-state index contributed by atoms with van der Waals surface area (Å²) >= 11 is 6.21. The first-order valence-electron chi connectivity index (χ1n) is 8.45. The van der Waals surface area contributed by atoms with Gasteiger partial charge in [-0.25, -0.2) is 13.8 Å². The molecule has 1 aliphatic heterocycles. The fourth-order valence-electron chi connectivity index (χ4n) is 3.34. The van der Waals surface area contributed by atoms with Gasteiger partial charge in [0.25, 0.3) is 0 Å². The number of nitrogens with zero attached hydrogens (tertiary/aromatic N) is 4. The number of imidazole rings is 1. The van der Waals surface area contributed by atoms with Crippen LogP contribution >= 0.6 is 11.6 Å². The SMILES string of the molecule is CN(C)Cc1cnc2n1-c1ccc(Cl)cc1C(c1c(F)cccc1F)=NC2. The zero-order valence-electron chi connectivity index (χ0n) is 14.9. The van der Waals surface area contributed by atoms with Crippen LogP contribution in [0.5, 0.6) is 0 Å². The quantitative estimate of drug-likeness (QED) is 0.675. The average Bonchev–Trinajstić information content (AvgIpc) is 2.91. The van der Waals surface area contributed by atoms with Crippen LogP contribution in [-0.4, -0.2) is 34.3 Å². The van der Waals surface area contributed by atoms with E-state index in [4.69, 9.17) is 11.6 Å². The van der Waals surface area contributed by atoms with Crippen molar-refractivity contribution < 1.29 is 8.78 Å². The zero-order valence-corrected chi connectivity index (χ0v) is 15.6. The molecule has 0 bridgehead atoms. The van der Waals surface area contributed by atoms with Crippen LogP contribution in [0.2, 0.25) is 5.02 Å². The first-order chi connectivity index (χ1) is 13.0. The van der Waals surface area contributed by atoms with Gasteiger partial charge in [0.15, 0.2) is 0 Å². The van der Waals surface area contributed by atoms with E-state index in [9.17, 15) is 8.78 Å². The molecular formula is C20H17ClF2N4. The van der Waals surface area contributed by atoms with Gasteiger partial charge in [-0.05, 0) is 44.4 Å². The second-order valence-electron chi connectivity index (χ2n) is 6.66. The molecule has 0 unspecified atom stereocenters. The number of halogens is 3. The van der Waals surface area contributed by atoms with Gasteiger partial charge in [-0.2, -0.15) is 0 Å². The molecule has 1 aromatic heterocycles. The van der Waals surface area contributed by atoms with Crippen molar-refractivity contribution in [2.45, 2.75) is 13.1 Å². The molecule has 7 heteroatoms. The summed E-state index contributed by atoms with van der Waals surface area (Å²) in [6, 6.07) is 9.07. The Labute approximate surface area is 160 Å². The highest BCUT2D eigenvalue weighted by atomic mass is 35.5. The zero-order chi connectivity index (χ0) is 19.1. The minimum atomic E-state index is -0.660. The van der Waals surface area contributed by atoms with E-state index in [2.05, 4.69) is 9.98 Å². The molecular weight excluding hydrogens is 370 g/mol. The van der Waals surface area contributed by atoms with E-state index in [1.54, 1.807) is 18.3 Å². The number of hydrogen-bond acceptors (Lipinski definition) is 3. The topological polar surface area (TPSA) is 33.4 Å². The highest BCUT2D eigenvalue weighted by Gasteiger charge is 2.25. The molecule has 0 N–H and O–H groups in total. The summed E-state index contributed by atoms with van der Waals surface area (Å²) in [7, 11) is 3.94. The second-order valence-corrected chi connectivity index (χ2v) is 7.10. The second kappa shape index (κ2) is 6.87. The minimum Gasteiger partial charge on any atom is -0.304 e. The molecule has 3 aromatic rings. The Hall–Kier alpha value is -2.57. The van der Waals surface area contributed by atoms with Gasteiger partial charge in [-0.3, -0.25) is 9.56 Å². The number of rotatable bonds is 3. The first-order valence-corrected chi connectivity index (χ1v) is 8.83. The van der Waals surface area contributed by atoms with E-state index in [-0.39, 0.29) is 17.8 Å². The summed E-state index contributed by atoms with van der Waals surface area (Å²) in [5.74, 6) is -0.609. The molecule has 4 rings (SSSR count). The molecule has 27 heavy (non-hydrogen) atoms. The van der Waals surface area contributed by atoms with E-state index < -0.39 is 11.6 Å². The van der Waals surface area contributed by atoms with Gasteiger partial charge in [0.1, 0.15) is 17.5 Å². The molecule has 4 nitrogen and oxygen atoms in total. The maximum absolute atomic E-state index is 14.5. The molecule has 138 valence electrons. The van der Waals surface area contributed by atoms with Crippen LogP contribution < -0.4 is 0 Å². The van der Waals surface area contributed by atoms with Crippen molar-refractivity contribution in [3.8, 4) is 5.69 Å². The summed E-state index contributed by atoms with van der Waals surface area (Å²) in [6.45, 7) is 0.876. The number of benzene rings is 2. The predicted molar refractivity (Wildman–Crippen MR) is 102 cm³/mol. The van der Waals surface area contributed by atoms with Gasteiger partial charge < -0.3 is 4.90 Å². The van der Waals surface area contributed by atoms with Crippen LogP contribution in [0, 0.1) is 11.6 Å². The molecule has 0 aliphatic carbocycles. The Kier molecular flexibility index (Phi) is 4.53. The highest BCUT2D eigenvalue weighted by Crippen LogP contribution is 2.30. The Morgan fingerprint density at radius 1 is 1.15 bits per heavy atom. The lowest BCUT2D eigenvalue weighted by Crippen LogP contribution is -2.16. The lowest BCUT2D eigenvalue weighted by Gasteiger charge is -2.17. The van der Waals surface area contributed by atoms with Gasteiger partial charge in [0, 0.05) is 17.1 Å². The largest absolute Gasteiger partial charge is 0.304 e. The molecule has 0 fully saturated rings. The lowest BCUT2D eigenvalue weighted by atomic mass is 9.99. The first kappa shape index (κ1) is 17.8. The molecule has 0 amide bonds. The summed E-state index contributed by atoms with van der Waals surface area (Å²) in [4.78, 5) is 11.0. The van der Waals surface area contributed by atoms with Crippen molar-refractivity contribution in [1.82, 2.24) is 14.5 Å². The van der Waals surface area contributed by atoms with Crippen molar-refractivity contribution >= 4 is 17.3 Å². The Bertz CT molecular complexity index is 1040. The number of aliphatic imine (C=N–C) groups is 1. The number of fused-ring (bicyclic) bond motifs is 3. The van der Waals surface area contributed by atoms with Crippen LogP contribution in [0.15, 0.2) is 47.6 Å². The molecule has 0 saturated carbocycles. The summed E-state index contributed by atoms with van der Waals surface area (Å²) in [6.07, 6.45) is 1.80. The van der Waals surface area contributed by atoms with E-state index in [1.165, 1.54) is 18.2 Å². The highest BCUT2D eigenvalue weighted by molar-refractivity contribution is 6.31. The smallest absolute Gasteiger partial charge is 0.135 e. The van der Waals surface area contributed by atoms with E-state index in [0.29, 0.717) is 23.0 Å². The third-order valence-electron chi connectivity index (χ3n) is 4.42. The van der Waals surface area contributed by atoms with Gasteiger partial charge >= 0.3 is 0 Å². The van der Waals surface area contributed by atoms with E-state index in [0.717, 1.165) is 11.4 Å². The van der Waals surface area contributed by atoms with Crippen molar-refractivity contribution in [2.24, 2.45) is 4.99 Å². The van der Waals surface area contributed by atoms with Gasteiger partial charge in [0.2, 0.25) is 0 Å². The van der Waals surface area contributed by atoms with Crippen molar-refractivity contribution in [3.63, 3.8) is 0 Å². The Morgan fingerprint density at radius 3 is 2.59 bits per heavy atom. The maximum Gasteiger partial charge on any atom is 0.135 e. The monoisotopic (exact) mass is 386 g/mol. The fraction of sp³-hybridized carbons (Fsp3) is 0.200. The average molecular weight is 387 g/mol. The van der Waals surface area contributed by atoms with Crippen LogP contribution in [-0.2, 0) is 13.1 Å². The molecule has 2 heterocycles. The summed E-state index contributed by atoms with van der Waals surface area (Å²) in [5, 5.41) is 0.468. The standard InChI is InChI=1S/C20H17ClF2N4/c1-26(2)11-13-9-24-18-10-25-20(19-15(22)4-3-5-16(19)23)14-8-12(21)6-7-17(14)27(13)18/h3-9H,10-11H2,1-2H3. The van der Waals surface area contributed by atoms with Crippen LogP contribution in [0.4, 0.5) is 8.78 Å². The molecule has 0 radical (unpaired) electrons. The predicted octanol–water partition coefficient (Wildman–Crippen LogP) is 4.22. The van der Waals surface area contributed by atoms with Crippen LogP contribution in [0.3, 0.4) is 0 Å². The van der Waals surface area contributed by atoms with E-state index in [1.807, 2.05) is 29.6 Å². The maximum atomic E-state index is 14.5. The Balaban J connectivity index is 1.98. The number of aromatic nitrogens is 2. The van der Waals surface area contributed by atoms with Crippen molar-refractivity contribution in [3.05, 3.63) is 81.9 Å². The van der Waals surface area contributed by atoms with E-state index >= 15 is 0 Å². The normalized spacial score (nSPS) is 13.2. The Morgan fingerprint density at radius 2 is 1.89 bits per heavy atom. The molecule has 0 saturated heterocycles. The third kappa shape index (κ3) is 3.15. The molecule has 0 atom stereocenters. The molecule has 1 aliphatic rings. The van der Waals surface area contributed by atoms with Gasteiger partial charge in [0.05, 0.1) is 35.4 Å². The van der Waals surface area contributed by atoms with Crippen molar-refractivity contribution in [1.29, 1.82) is 0 Å². The van der Waals surface area contributed by atoms with Gasteiger partial charge in [-0.15, -0.1) is 0 Å². The summed E-state index contributed by atoms with van der Waals surface area (Å²) in [5.41, 5.74) is 2.38. The fourth-order valence-corrected chi connectivity index (χ4v) is 3.51. The lowest BCUT2D eigenvalue weighted by molar-refractivity contribution is 0.393. The molecule has 2 aromatic carbocycles. The van der Waals surface area contributed by atoms with Crippen LogP contribution in [0.25, 0.3) is 5.69 Å². The molecule has 0 spiro atoms. The minimum absolute atomic E-state index is 0.152. The van der Waals surface area contributed by atoms with Crippen molar-refractivity contribution in [2.75, 3.05) is 14.1 Å². The third-order valence-corrected chi connectivity index (χ3v) is 4.65.